The fourth-order valence-corrected chi connectivity index (χ4v) is 1.43. The first kappa shape index (κ1) is 15.2. The van der Waals surface area contributed by atoms with E-state index in [1.807, 2.05) is 0 Å². The molecule has 0 aliphatic rings. The van der Waals surface area contributed by atoms with E-state index in [1.165, 1.54) is 0 Å². The van der Waals surface area contributed by atoms with Gasteiger partial charge in [-0.1, -0.05) is 42.5 Å². The zero-order valence-corrected chi connectivity index (χ0v) is 10.6. The molecule has 0 saturated heterocycles. The van der Waals surface area contributed by atoms with Crippen molar-refractivity contribution in [3.05, 3.63) is 70.8 Å². The number of hydrogen-bond acceptors (Lipinski definition) is 4. The second-order valence-corrected chi connectivity index (χ2v) is 3.77. The topological polar surface area (TPSA) is 68.3 Å². The van der Waals surface area contributed by atoms with Crippen molar-refractivity contribution in [1.82, 2.24) is 0 Å². The number of carbonyl (C=O) groups excluding carboxylic acids is 4. The Bertz CT molecular complexity index is 567. The predicted octanol–water partition coefficient (Wildman–Crippen LogP) is 2.62. The molecule has 0 radical (unpaired) electrons. The van der Waals surface area contributed by atoms with Crippen LogP contribution in [0.4, 0.5) is 0 Å². The highest BCUT2D eigenvalue weighted by molar-refractivity contribution is 5.90. The van der Waals surface area contributed by atoms with Crippen LogP contribution < -0.4 is 0 Å². The molecule has 0 N–H and O–H groups in total. The third kappa shape index (κ3) is 4.42. The quantitative estimate of drug-likeness (QED) is 0.799. The number of hydrogen-bond donors (Lipinski definition) is 0. The van der Waals surface area contributed by atoms with Gasteiger partial charge >= 0.3 is 0 Å². The van der Waals surface area contributed by atoms with Crippen molar-refractivity contribution in [1.29, 1.82) is 0 Å². The van der Waals surface area contributed by atoms with E-state index in [4.69, 9.17) is 0 Å². The van der Waals surface area contributed by atoms with Gasteiger partial charge < -0.3 is 0 Å². The molecule has 2 aromatic rings. The third-order valence-electron chi connectivity index (χ3n) is 2.43. The molecule has 4 nitrogen and oxygen atoms in total. The molecule has 0 saturated carbocycles. The third-order valence-corrected chi connectivity index (χ3v) is 2.43. The zero-order chi connectivity index (χ0) is 14.8. The Morgan fingerprint density at radius 1 is 0.550 bits per heavy atom. The smallest absolute Gasteiger partial charge is 0.150 e. The molecule has 20 heavy (non-hydrogen) atoms. The van der Waals surface area contributed by atoms with Crippen LogP contribution in [0.3, 0.4) is 0 Å². The molecule has 4 heteroatoms. The van der Waals surface area contributed by atoms with E-state index in [9.17, 15) is 19.2 Å². The summed E-state index contributed by atoms with van der Waals surface area (Å²) >= 11 is 0. The number of carbonyl (C=O) groups is 4. The summed E-state index contributed by atoms with van der Waals surface area (Å²) in [6.07, 6.45) is 2.77. The van der Waals surface area contributed by atoms with Crippen molar-refractivity contribution in [2.24, 2.45) is 0 Å². The Labute approximate surface area is 116 Å². The van der Waals surface area contributed by atoms with Crippen molar-refractivity contribution in [3.63, 3.8) is 0 Å². The van der Waals surface area contributed by atoms with Crippen LogP contribution in [0.1, 0.15) is 41.4 Å². The molecule has 0 aliphatic carbocycles. The predicted molar refractivity (Wildman–Crippen MR) is 74.4 cm³/mol. The Morgan fingerprint density at radius 3 is 1.35 bits per heavy atom. The zero-order valence-electron chi connectivity index (χ0n) is 10.6. The van der Waals surface area contributed by atoms with Gasteiger partial charge in [0.15, 0.2) is 12.6 Å². The van der Waals surface area contributed by atoms with E-state index in [0.29, 0.717) is 47.4 Å². The number of aldehydes is 4. The monoisotopic (exact) mass is 268 g/mol. The van der Waals surface area contributed by atoms with E-state index in [0.717, 1.165) is 0 Å². The number of benzene rings is 2. The summed E-state index contributed by atoms with van der Waals surface area (Å²) in [5.41, 5.74) is 1.95. The molecule has 0 unspecified atom stereocenters. The summed E-state index contributed by atoms with van der Waals surface area (Å²) in [4.78, 5) is 40.8. The van der Waals surface area contributed by atoms with Gasteiger partial charge in [0.25, 0.3) is 0 Å². The maximum Gasteiger partial charge on any atom is 0.150 e. The highest BCUT2D eigenvalue weighted by Gasteiger charge is 1.95. The molecular weight excluding hydrogens is 256 g/mol. The minimum atomic E-state index is 0.442. The minimum Gasteiger partial charge on any atom is -0.298 e. The highest BCUT2D eigenvalue weighted by atomic mass is 16.1. The molecule has 0 heterocycles. The fourth-order valence-electron chi connectivity index (χ4n) is 1.43. The summed E-state index contributed by atoms with van der Waals surface area (Å²) < 4.78 is 0. The Morgan fingerprint density at radius 2 is 1.00 bits per heavy atom. The summed E-state index contributed by atoms with van der Waals surface area (Å²) in [7, 11) is 0. The van der Waals surface area contributed by atoms with Gasteiger partial charge in [-0.3, -0.25) is 19.2 Å². The second-order valence-electron chi connectivity index (χ2n) is 3.77. The van der Waals surface area contributed by atoms with Gasteiger partial charge in [0.2, 0.25) is 0 Å². The molecule has 0 bridgehead atoms. The lowest BCUT2D eigenvalue weighted by Gasteiger charge is -1.91. The van der Waals surface area contributed by atoms with Crippen LogP contribution in [0.2, 0.25) is 0 Å². The minimum absolute atomic E-state index is 0.442. The lowest BCUT2D eigenvalue weighted by atomic mass is 10.1. The van der Waals surface area contributed by atoms with Crippen LogP contribution in [-0.2, 0) is 0 Å². The largest absolute Gasteiger partial charge is 0.298 e. The van der Waals surface area contributed by atoms with Gasteiger partial charge in [0.1, 0.15) is 12.6 Å². The first-order valence-corrected chi connectivity index (χ1v) is 5.75. The summed E-state index contributed by atoms with van der Waals surface area (Å²) in [6.45, 7) is 0. The Balaban J connectivity index is 0.000000200. The second kappa shape index (κ2) is 8.26. The van der Waals surface area contributed by atoms with Gasteiger partial charge in [0.05, 0.1) is 0 Å². The fraction of sp³-hybridized carbons (Fsp3) is 0. The van der Waals surface area contributed by atoms with Gasteiger partial charge in [0, 0.05) is 22.3 Å². The number of rotatable bonds is 4. The van der Waals surface area contributed by atoms with E-state index < -0.39 is 0 Å². The summed E-state index contributed by atoms with van der Waals surface area (Å²) in [5, 5.41) is 0. The van der Waals surface area contributed by atoms with Crippen LogP contribution in [0, 0.1) is 0 Å². The Hall–Kier alpha value is -2.88. The van der Waals surface area contributed by atoms with Crippen LogP contribution >= 0.6 is 0 Å². The first-order chi connectivity index (χ1) is 9.74. The lowest BCUT2D eigenvalue weighted by molar-refractivity contribution is 0.109. The van der Waals surface area contributed by atoms with E-state index in [1.54, 1.807) is 48.5 Å². The first-order valence-electron chi connectivity index (χ1n) is 5.75. The van der Waals surface area contributed by atoms with Crippen LogP contribution in [0.25, 0.3) is 0 Å². The molecule has 0 fully saturated rings. The van der Waals surface area contributed by atoms with Crippen LogP contribution in [0.5, 0.6) is 0 Å². The molecule has 0 atom stereocenters. The lowest BCUT2D eigenvalue weighted by Crippen LogP contribution is -1.87. The van der Waals surface area contributed by atoms with Crippen LogP contribution in [-0.4, -0.2) is 25.1 Å². The van der Waals surface area contributed by atoms with Crippen molar-refractivity contribution < 1.29 is 19.2 Å². The molecule has 2 rings (SSSR count). The average molecular weight is 268 g/mol. The Kier molecular flexibility index (Phi) is 6.27. The van der Waals surface area contributed by atoms with Gasteiger partial charge in [-0.05, 0) is 6.07 Å². The highest BCUT2D eigenvalue weighted by Crippen LogP contribution is 2.01. The summed E-state index contributed by atoms with van der Waals surface area (Å²) in [5.74, 6) is 0. The molecule has 0 amide bonds. The van der Waals surface area contributed by atoms with Crippen molar-refractivity contribution in [2.75, 3.05) is 0 Å². The van der Waals surface area contributed by atoms with E-state index in [2.05, 4.69) is 0 Å². The summed E-state index contributed by atoms with van der Waals surface area (Å²) in [6, 6.07) is 13.2. The molecule has 100 valence electrons. The standard InChI is InChI=1S/2C8H6O2/c9-5-7-2-1-3-8(4-7)6-10;9-5-7-3-1-2-4-8(7)6-10/h2*1-6H. The molecular formula is C16H12O4. The SMILES string of the molecule is O=Cc1cccc(C=O)c1.O=Cc1ccccc1C=O. The van der Waals surface area contributed by atoms with Gasteiger partial charge in [-0.25, -0.2) is 0 Å². The van der Waals surface area contributed by atoms with Crippen molar-refractivity contribution in [3.8, 4) is 0 Å². The maximum atomic E-state index is 10.2. The molecule has 0 spiro atoms. The van der Waals surface area contributed by atoms with E-state index >= 15 is 0 Å². The molecule has 0 aliphatic heterocycles. The van der Waals surface area contributed by atoms with Gasteiger partial charge in [-0.2, -0.15) is 0 Å². The van der Waals surface area contributed by atoms with Crippen molar-refractivity contribution in [2.45, 2.75) is 0 Å². The maximum absolute atomic E-state index is 10.2. The van der Waals surface area contributed by atoms with E-state index in [-0.39, 0.29) is 0 Å². The normalized spacial score (nSPS) is 8.80. The van der Waals surface area contributed by atoms with Gasteiger partial charge in [-0.15, -0.1) is 0 Å². The average Bonchev–Trinajstić information content (AvgIpc) is 2.55. The van der Waals surface area contributed by atoms with Crippen LogP contribution in [0.15, 0.2) is 48.5 Å². The molecule has 2 aromatic carbocycles. The molecule has 0 aromatic heterocycles. The van der Waals surface area contributed by atoms with Crippen molar-refractivity contribution >= 4 is 25.1 Å².